The molecule has 0 aromatic heterocycles. The minimum Gasteiger partial charge on any atom is -0.326 e. The fourth-order valence-electron chi connectivity index (χ4n) is 1.64. The molecule has 94 valence electrons. The van der Waals surface area contributed by atoms with Gasteiger partial charge in [0.25, 0.3) is 0 Å². The van der Waals surface area contributed by atoms with E-state index < -0.39 is 0 Å². The van der Waals surface area contributed by atoms with E-state index in [9.17, 15) is 4.79 Å². The molecule has 2 nitrogen and oxygen atoms in total. The van der Waals surface area contributed by atoms with Crippen molar-refractivity contribution in [2.24, 2.45) is 5.41 Å². The van der Waals surface area contributed by atoms with Crippen LogP contribution in [0.4, 0.5) is 5.69 Å². The van der Waals surface area contributed by atoms with E-state index in [4.69, 9.17) is 0 Å². The topological polar surface area (TPSA) is 29.1 Å². The fourth-order valence-corrected chi connectivity index (χ4v) is 1.64. The van der Waals surface area contributed by atoms with Gasteiger partial charge in [0.1, 0.15) is 0 Å². The van der Waals surface area contributed by atoms with Crippen molar-refractivity contribution in [1.29, 1.82) is 0 Å². The molecule has 0 atom stereocenters. The van der Waals surface area contributed by atoms with Crippen LogP contribution in [0.3, 0.4) is 0 Å². The van der Waals surface area contributed by atoms with Crippen LogP contribution in [0.15, 0.2) is 24.3 Å². The minimum atomic E-state index is 0.0297. The molecule has 0 fully saturated rings. The Labute approximate surface area is 104 Å². The summed E-state index contributed by atoms with van der Waals surface area (Å²) in [6, 6.07) is 8.07. The highest BCUT2D eigenvalue weighted by molar-refractivity contribution is 5.91. The lowest BCUT2D eigenvalue weighted by molar-refractivity contribution is -0.117. The summed E-state index contributed by atoms with van der Waals surface area (Å²) in [6.07, 6.45) is 0.541. The van der Waals surface area contributed by atoms with Gasteiger partial charge in [-0.25, -0.2) is 0 Å². The maximum atomic E-state index is 11.7. The second-order valence-electron chi connectivity index (χ2n) is 6.06. The van der Waals surface area contributed by atoms with Gasteiger partial charge >= 0.3 is 0 Å². The molecular weight excluding hydrogens is 210 g/mol. The average Bonchev–Trinajstić information content (AvgIpc) is 2.15. The van der Waals surface area contributed by atoms with Gasteiger partial charge in [-0.1, -0.05) is 46.8 Å². The molecule has 0 aliphatic heterocycles. The minimum absolute atomic E-state index is 0.0297. The molecule has 17 heavy (non-hydrogen) atoms. The van der Waals surface area contributed by atoms with Crippen molar-refractivity contribution in [3.63, 3.8) is 0 Å². The van der Waals surface area contributed by atoms with Gasteiger partial charge in [0.05, 0.1) is 0 Å². The molecule has 0 saturated heterocycles. The molecule has 0 aliphatic carbocycles. The Bertz CT molecular complexity index is 371. The van der Waals surface area contributed by atoms with E-state index in [1.54, 1.807) is 0 Å². The largest absolute Gasteiger partial charge is 0.326 e. The van der Waals surface area contributed by atoms with E-state index in [-0.39, 0.29) is 11.3 Å². The van der Waals surface area contributed by atoms with Crippen molar-refractivity contribution in [1.82, 2.24) is 0 Å². The lowest BCUT2D eigenvalue weighted by atomic mass is 9.92. The van der Waals surface area contributed by atoms with Gasteiger partial charge in [-0.2, -0.15) is 0 Å². The van der Waals surface area contributed by atoms with E-state index in [1.165, 1.54) is 5.56 Å². The van der Waals surface area contributed by atoms with Gasteiger partial charge in [-0.3, -0.25) is 4.79 Å². The van der Waals surface area contributed by atoms with Gasteiger partial charge in [0, 0.05) is 12.1 Å². The number of hydrogen-bond donors (Lipinski definition) is 1. The van der Waals surface area contributed by atoms with Crippen molar-refractivity contribution in [2.75, 3.05) is 5.32 Å². The lowest BCUT2D eigenvalue weighted by Crippen LogP contribution is -2.19. The number of amides is 1. The molecule has 1 aromatic rings. The van der Waals surface area contributed by atoms with Gasteiger partial charge in [0.2, 0.25) is 5.91 Å². The third-order valence-electron chi connectivity index (χ3n) is 2.55. The van der Waals surface area contributed by atoms with Crippen molar-refractivity contribution in [2.45, 2.75) is 47.0 Å². The Morgan fingerprint density at radius 2 is 1.71 bits per heavy atom. The van der Waals surface area contributed by atoms with Crippen LogP contribution in [0.25, 0.3) is 0 Å². The first-order valence-corrected chi connectivity index (χ1v) is 6.18. The van der Waals surface area contributed by atoms with Crippen molar-refractivity contribution >= 4 is 11.6 Å². The van der Waals surface area contributed by atoms with Gasteiger partial charge < -0.3 is 5.32 Å². The molecule has 0 spiro atoms. The summed E-state index contributed by atoms with van der Waals surface area (Å²) in [4.78, 5) is 11.7. The molecule has 0 radical (unpaired) electrons. The van der Waals surface area contributed by atoms with Crippen molar-refractivity contribution in [3.05, 3.63) is 29.8 Å². The highest BCUT2D eigenvalue weighted by Gasteiger charge is 2.15. The maximum Gasteiger partial charge on any atom is 0.224 e. The fraction of sp³-hybridized carbons (Fsp3) is 0.533. The number of rotatable bonds is 3. The van der Waals surface area contributed by atoms with E-state index in [0.717, 1.165) is 5.69 Å². The monoisotopic (exact) mass is 233 g/mol. The number of carbonyl (C=O) groups is 1. The predicted octanol–water partition coefficient (Wildman–Crippen LogP) is 4.18. The van der Waals surface area contributed by atoms with Crippen LogP contribution in [0.5, 0.6) is 0 Å². The predicted molar refractivity (Wildman–Crippen MR) is 73.2 cm³/mol. The SMILES string of the molecule is CC(C)c1ccc(NC(=O)CC(C)(C)C)cc1. The molecular formula is C15H23NO. The molecule has 0 heterocycles. The van der Waals surface area contributed by atoms with Gasteiger partial charge in [-0.15, -0.1) is 0 Å². The first kappa shape index (κ1) is 13.8. The lowest BCUT2D eigenvalue weighted by Gasteiger charge is -2.17. The molecule has 0 bridgehead atoms. The zero-order chi connectivity index (χ0) is 13.1. The molecule has 1 rings (SSSR count). The van der Waals surface area contributed by atoms with Crippen molar-refractivity contribution < 1.29 is 4.79 Å². The Kier molecular flexibility index (Phi) is 4.33. The van der Waals surface area contributed by atoms with Crippen LogP contribution in [-0.4, -0.2) is 5.91 Å². The first-order chi connectivity index (χ1) is 7.78. The number of anilines is 1. The zero-order valence-corrected chi connectivity index (χ0v) is 11.5. The second-order valence-corrected chi connectivity index (χ2v) is 6.06. The number of benzene rings is 1. The first-order valence-electron chi connectivity index (χ1n) is 6.18. The zero-order valence-electron chi connectivity index (χ0n) is 11.5. The maximum absolute atomic E-state index is 11.7. The van der Waals surface area contributed by atoms with E-state index >= 15 is 0 Å². The van der Waals surface area contributed by atoms with E-state index in [0.29, 0.717) is 12.3 Å². The van der Waals surface area contributed by atoms with E-state index in [2.05, 4.69) is 52.1 Å². The molecule has 0 aliphatic rings. The molecule has 0 saturated carbocycles. The summed E-state index contributed by atoms with van der Waals surface area (Å²) in [5.74, 6) is 0.601. The van der Waals surface area contributed by atoms with Crippen LogP contribution >= 0.6 is 0 Å². The van der Waals surface area contributed by atoms with Crippen molar-refractivity contribution in [3.8, 4) is 0 Å². The Hall–Kier alpha value is -1.31. The average molecular weight is 233 g/mol. The summed E-state index contributed by atoms with van der Waals surface area (Å²) in [7, 11) is 0. The van der Waals surface area contributed by atoms with Crippen LogP contribution in [0, 0.1) is 5.41 Å². The summed E-state index contributed by atoms with van der Waals surface area (Å²) >= 11 is 0. The Morgan fingerprint density at radius 3 is 2.12 bits per heavy atom. The standard InChI is InChI=1S/C15H23NO/c1-11(2)12-6-8-13(9-7-12)16-14(17)10-15(3,4)5/h6-9,11H,10H2,1-5H3,(H,16,17). The highest BCUT2D eigenvalue weighted by atomic mass is 16.1. The summed E-state index contributed by atoms with van der Waals surface area (Å²) < 4.78 is 0. The smallest absolute Gasteiger partial charge is 0.224 e. The van der Waals surface area contributed by atoms with Gasteiger partial charge in [-0.05, 0) is 29.0 Å². The summed E-state index contributed by atoms with van der Waals surface area (Å²) in [5, 5.41) is 2.93. The molecule has 1 aromatic carbocycles. The molecule has 0 unspecified atom stereocenters. The normalized spacial score (nSPS) is 11.6. The van der Waals surface area contributed by atoms with Gasteiger partial charge in [0.15, 0.2) is 0 Å². The van der Waals surface area contributed by atoms with Crippen LogP contribution in [0.2, 0.25) is 0 Å². The van der Waals surface area contributed by atoms with E-state index in [1.807, 2.05) is 12.1 Å². The van der Waals surface area contributed by atoms with Crippen LogP contribution in [-0.2, 0) is 4.79 Å². The van der Waals surface area contributed by atoms with Crippen LogP contribution in [0.1, 0.15) is 52.5 Å². The second kappa shape index (κ2) is 5.35. The third-order valence-corrected chi connectivity index (χ3v) is 2.55. The number of nitrogens with one attached hydrogen (secondary N) is 1. The highest BCUT2D eigenvalue weighted by Crippen LogP contribution is 2.21. The third kappa shape index (κ3) is 5.03. The quantitative estimate of drug-likeness (QED) is 0.833. The molecule has 1 N–H and O–H groups in total. The molecule has 2 heteroatoms. The Morgan fingerprint density at radius 1 is 1.18 bits per heavy atom. The Balaban J connectivity index is 2.61. The number of hydrogen-bond acceptors (Lipinski definition) is 1. The number of carbonyl (C=O) groups excluding carboxylic acids is 1. The molecule has 1 amide bonds. The summed E-state index contributed by atoms with van der Waals surface area (Å²) in [5.41, 5.74) is 2.20. The van der Waals surface area contributed by atoms with Crippen LogP contribution < -0.4 is 5.32 Å². The summed E-state index contributed by atoms with van der Waals surface area (Å²) in [6.45, 7) is 10.5.